The molecule has 2 aliphatic rings. The molecule has 1 saturated carbocycles. The highest BCUT2D eigenvalue weighted by Gasteiger charge is 2.40. The number of rotatable bonds is 4. The van der Waals surface area contributed by atoms with Gasteiger partial charge in [0.1, 0.15) is 0 Å². The molecule has 0 radical (unpaired) electrons. The average Bonchev–Trinajstić information content (AvgIpc) is 3.00. The summed E-state index contributed by atoms with van der Waals surface area (Å²) < 4.78 is 0. The van der Waals surface area contributed by atoms with Crippen molar-refractivity contribution in [2.75, 3.05) is 6.54 Å². The first kappa shape index (κ1) is 11.9. The molecule has 0 aromatic carbocycles. The molecule has 1 amide bonds. The van der Waals surface area contributed by atoms with Crippen molar-refractivity contribution in [2.45, 2.75) is 52.7 Å². The van der Waals surface area contributed by atoms with Gasteiger partial charge in [-0.2, -0.15) is 0 Å². The Morgan fingerprint density at radius 2 is 2.00 bits per heavy atom. The van der Waals surface area contributed by atoms with Crippen LogP contribution in [-0.4, -0.2) is 29.6 Å². The van der Waals surface area contributed by atoms with E-state index in [1.165, 1.54) is 12.8 Å². The summed E-state index contributed by atoms with van der Waals surface area (Å²) in [5.41, 5.74) is 0. The van der Waals surface area contributed by atoms with Crippen molar-refractivity contribution in [2.24, 2.45) is 17.8 Å². The molecule has 0 spiro atoms. The number of carbonyl (C=O) groups excluding carboxylic acids is 1. The van der Waals surface area contributed by atoms with E-state index in [2.05, 4.69) is 33.0 Å². The van der Waals surface area contributed by atoms with Gasteiger partial charge in [-0.05, 0) is 37.5 Å². The lowest BCUT2D eigenvalue weighted by Gasteiger charge is -2.24. The minimum absolute atomic E-state index is 0.0291. The molecule has 2 fully saturated rings. The van der Waals surface area contributed by atoms with Crippen molar-refractivity contribution < 1.29 is 4.79 Å². The molecule has 1 saturated heterocycles. The highest BCUT2D eigenvalue weighted by molar-refractivity contribution is 5.84. The van der Waals surface area contributed by atoms with Gasteiger partial charge in [-0.25, -0.2) is 0 Å². The third kappa shape index (κ3) is 2.24. The summed E-state index contributed by atoms with van der Waals surface area (Å²) in [5, 5.41) is 3.39. The molecule has 1 aliphatic carbocycles. The number of nitrogens with one attached hydrogen (secondary N) is 1. The van der Waals surface area contributed by atoms with Crippen LogP contribution in [0.15, 0.2) is 0 Å². The van der Waals surface area contributed by atoms with Crippen LogP contribution in [0.2, 0.25) is 0 Å². The number of amides is 1. The summed E-state index contributed by atoms with van der Waals surface area (Å²) in [6, 6.07) is 0.0291. The van der Waals surface area contributed by atoms with Crippen molar-refractivity contribution in [1.82, 2.24) is 10.2 Å². The number of hydrogen-bond acceptors (Lipinski definition) is 2. The molecule has 1 aliphatic heterocycles. The van der Waals surface area contributed by atoms with Gasteiger partial charge in [0.05, 0.1) is 12.2 Å². The highest BCUT2D eigenvalue weighted by Crippen LogP contribution is 2.37. The molecule has 0 aromatic rings. The van der Waals surface area contributed by atoms with E-state index >= 15 is 0 Å². The van der Waals surface area contributed by atoms with Crippen molar-refractivity contribution in [3.63, 3.8) is 0 Å². The molecule has 2 rings (SSSR count). The van der Waals surface area contributed by atoms with Gasteiger partial charge in [-0.15, -0.1) is 0 Å². The zero-order chi connectivity index (χ0) is 11.9. The van der Waals surface area contributed by atoms with Crippen LogP contribution in [0, 0.1) is 17.8 Å². The minimum Gasteiger partial charge on any atom is -0.326 e. The van der Waals surface area contributed by atoms with Crippen molar-refractivity contribution in [3.8, 4) is 0 Å². The van der Waals surface area contributed by atoms with Crippen LogP contribution >= 0.6 is 0 Å². The number of nitrogens with zero attached hydrogens (tertiary/aromatic N) is 1. The third-order valence-electron chi connectivity index (χ3n) is 4.02. The molecular weight excluding hydrogens is 200 g/mol. The number of carbonyl (C=O) groups is 1. The van der Waals surface area contributed by atoms with Gasteiger partial charge in [0.25, 0.3) is 0 Å². The predicted molar refractivity (Wildman–Crippen MR) is 64.8 cm³/mol. The minimum atomic E-state index is 0.0291. The molecule has 0 aromatic heterocycles. The fourth-order valence-electron chi connectivity index (χ4n) is 2.64. The Morgan fingerprint density at radius 1 is 1.38 bits per heavy atom. The second-order valence-corrected chi connectivity index (χ2v) is 5.87. The first-order valence-corrected chi connectivity index (χ1v) is 6.57. The lowest BCUT2D eigenvalue weighted by molar-refractivity contribution is -0.131. The largest absolute Gasteiger partial charge is 0.326 e. The molecule has 3 heteroatoms. The van der Waals surface area contributed by atoms with Crippen LogP contribution in [0.1, 0.15) is 40.5 Å². The fraction of sp³-hybridized carbons (Fsp3) is 0.923. The zero-order valence-corrected chi connectivity index (χ0v) is 10.9. The maximum atomic E-state index is 12.2. The van der Waals surface area contributed by atoms with E-state index in [0.717, 1.165) is 12.5 Å². The monoisotopic (exact) mass is 224 g/mol. The Bertz CT molecular complexity index is 273. The molecule has 1 N–H and O–H groups in total. The smallest absolute Gasteiger partial charge is 0.241 e. The molecule has 3 atom stereocenters. The first-order valence-electron chi connectivity index (χ1n) is 6.57. The van der Waals surface area contributed by atoms with E-state index in [4.69, 9.17) is 0 Å². The molecule has 3 nitrogen and oxygen atoms in total. The van der Waals surface area contributed by atoms with Crippen LogP contribution in [0.25, 0.3) is 0 Å². The second-order valence-electron chi connectivity index (χ2n) is 5.87. The van der Waals surface area contributed by atoms with Gasteiger partial charge in [0, 0.05) is 6.54 Å². The van der Waals surface area contributed by atoms with Gasteiger partial charge in [0.15, 0.2) is 0 Å². The summed E-state index contributed by atoms with van der Waals surface area (Å²) in [4.78, 5) is 14.2. The lowest BCUT2D eigenvalue weighted by Crippen LogP contribution is -2.38. The van der Waals surface area contributed by atoms with E-state index in [1.807, 2.05) is 4.90 Å². The van der Waals surface area contributed by atoms with E-state index in [-0.39, 0.29) is 12.2 Å². The lowest BCUT2D eigenvalue weighted by atomic mass is 10.0. The summed E-state index contributed by atoms with van der Waals surface area (Å²) in [6.07, 6.45) is 2.93. The van der Waals surface area contributed by atoms with Crippen molar-refractivity contribution in [1.29, 1.82) is 0 Å². The Hall–Kier alpha value is -0.570. The second kappa shape index (κ2) is 4.36. The van der Waals surface area contributed by atoms with Crippen molar-refractivity contribution in [3.05, 3.63) is 0 Å². The van der Waals surface area contributed by atoms with Gasteiger partial charge in [0.2, 0.25) is 5.91 Å². The zero-order valence-electron chi connectivity index (χ0n) is 10.9. The van der Waals surface area contributed by atoms with Crippen LogP contribution in [-0.2, 0) is 4.79 Å². The predicted octanol–water partition coefficient (Wildman–Crippen LogP) is 1.83. The fourth-order valence-corrected chi connectivity index (χ4v) is 2.64. The Labute approximate surface area is 98.6 Å². The maximum Gasteiger partial charge on any atom is 0.241 e. The summed E-state index contributed by atoms with van der Waals surface area (Å²) in [5.74, 6) is 2.23. The van der Waals surface area contributed by atoms with Crippen molar-refractivity contribution >= 4 is 5.91 Å². The molecule has 92 valence electrons. The molecular formula is C13H24N2O. The van der Waals surface area contributed by atoms with E-state index in [9.17, 15) is 4.79 Å². The molecule has 1 heterocycles. The normalized spacial score (nSPS) is 32.6. The van der Waals surface area contributed by atoms with Gasteiger partial charge < -0.3 is 4.90 Å². The Morgan fingerprint density at radius 3 is 2.44 bits per heavy atom. The summed E-state index contributed by atoms with van der Waals surface area (Å²) in [6.45, 7) is 9.52. The van der Waals surface area contributed by atoms with Gasteiger partial charge in [-0.3, -0.25) is 10.1 Å². The van der Waals surface area contributed by atoms with Gasteiger partial charge >= 0.3 is 0 Å². The van der Waals surface area contributed by atoms with E-state index < -0.39 is 0 Å². The number of hydrogen-bond donors (Lipinski definition) is 1. The SMILES string of the molecule is CC(C)C1NC(C)N(CC(C)C2CC2)C1=O. The van der Waals surface area contributed by atoms with E-state index in [1.54, 1.807) is 0 Å². The van der Waals surface area contributed by atoms with Crippen LogP contribution in [0.3, 0.4) is 0 Å². The third-order valence-corrected chi connectivity index (χ3v) is 4.02. The van der Waals surface area contributed by atoms with Crippen LogP contribution in [0.4, 0.5) is 0 Å². The highest BCUT2D eigenvalue weighted by atomic mass is 16.2. The van der Waals surface area contributed by atoms with Crippen LogP contribution < -0.4 is 5.32 Å². The molecule has 3 unspecified atom stereocenters. The molecule has 16 heavy (non-hydrogen) atoms. The quantitative estimate of drug-likeness (QED) is 0.790. The Kier molecular flexibility index (Phi) is 3.24. The summed E-state index contributed by atoms with van der Waals surface area (Å²) in [7, 11) is 0. The van der Waals surface area contributed by atoms with Crippen LogP contribution in [0.5, 0.6) is 0 Å². The molecule has 0 bridgehead atoms. The summed E-state index contributed by atoms with van der Waals surface area (Å²) >= 11 is 0. The van der Waals surface area contributed by atoms with Gasteiger partial charge in [-0.1, -0.05) is 20.8 Å². The average molecular weight is 224 g/mol. The first-order chi connectivity index (χ1) is 7.50. The topological polar surface area (TPSA) is 32.3 Å². The van der Waals surface area contributed by atoms with E-state index in [0.29, 0.717) is 17.7 Å². The Balaban J connectivity index is 1.95. The maximum absolute atomic E-state index is 12.2. The standard InChI is InChI=1S/C13H24N2O/c1-8(2)12-13(16)15(10(4)14-12)7-9(3)11-5-6-11/h8-12,14H,5-7H2,1-4H3.